The van der Waals surface area contributed by atoms with Crippen molar-refractivity contribution in [2.24, 2.45) is 0 Å². The maximum atomic E-state index is 12.7. The van der Waals surface area contributed by atoms with E-state index in [1.54, 1.807) is 17.2 Å². The molecule has 1 fully saturated rings. The molecular weight excluding hydrogens is 302 g/mol. The molecule has 2 heterocycles. The van der Waals surface area contributed by atoms with Crippen molar-refractivity contribution >= 4 is 17.3 Å². The third-order valence-corrected chi connectivity index (χ3v) is 4.17. The largest absolute Gasteiger partial charge is 0.381 e. The number of hydrogen-bond donors (Lipinski definition) is 1. The molecule has 5 heteroatoms. The molecule has 0 radical (unpaired) electrons. The molecule has 24 heavy (non-hydrogen) atoms. The first-order valence-corrected chi connectivity index (χ1v) is 8.46. The Hall–Kier alpha value is -2.40. The number of carbonyl (C=O) groups excluding carboxylic acids is 1. The van der Waals surface area contributed by atoms with Gasteiger partial charge in [-0.15, -0.1) is 0 Å². The number of aromatic nitrogens is 1. The van der Waals surface area contributed by atoms with Crippen LogP contribution in [0.15, 0.2) is 48.7 Å². The summed E-state index contributed by atoms with van der Waals surface area (Å²) >= 11 is 0. The molecule has 1 saturated heterocycles. The number of ether oxygens (including phenoxy) is 1. The summed E-state index contributed by atoms with van der Waals surface area (Å²) in [7, 11) is 0. The van der Waals surface area contributed by atoms with Gasteiger partial charge in [-0.1, -0.05) is 18.2 Å². The van der Waals surface area contributed by atoms with Gasteiger partial charge in [-0.05, 0) is 44.0 Å². The second-order valence-electron chi connectivity index (χ2n) is 5.83. The molecule has 1 aromatic heterocycles. The maximum absolute atomic E-state index is 12.7. The minimum absolute atomic E-state index is 0.0885. The number of nitrogens with zero attached hydrogens (tertiary/aromatic N) is 2. The maximum Gasteiger partial charge on any atom is 0.276 e. The van der Waals surface area contributed by atoms with Crippen LogP contribution in [0.3, 0.4) is 0 Å². The molecular formula is C19H23N3O2. The lowest BCUT2D eigenvalue weighted by molar-refractivity contribution is 0.0983. The Morgan fingerprint density at radius 3 is 2.75 bits per heavy atom. The van der Waals surface area contributed by atoms with Crippen molar-refractivity contribution in [2.75, 3.05) is 29.9 Å². The van der Waals surface area contributed by atoms with Crippen molar-refractivity contribution in [3.8, 4) is 0 Å². The zero-order chi connectivity index (χ0) is 16.8. The van der Waals surface area contributed by atoms with E-state index in [0.29, 0.717) is 12.2 Å². The number of carbonyl (C=O) groups is 1. The van der Waals surface area contributed by atoms with Crippen LogP contribution in [0.2, 0.25) is 0 Å². The Balaban J connectivity index is 1.64. The van der Waals surface area contributed by atoms with E-state index in [1.807, 2.05) is 43.3 Å². The number of anilines is 2. The Bertz CT molecular complexity index is 652. The van der Waals surface area contributed by atoms with Crippen LogP contribution in [0.5, 0.6) is 0 Å². The van der Waals surface area contributed by atoms with E-state index in [-0.39, 0.29) is 12.0 Å². The van der Waals surface area contributed by atoms with E-state index in [9.17, 15) is 4.79 Å². The summed E-state index contributed by atoms with van der Waals surface area (Å²) in [6, 6.07) is 13.3. The number of pyridine rings is 1. The standard InChI is InChI=1S/C19H23N3O2/c1-2-22(16-7-4-3-5-8-16)19(23)18-11-10-15(13-21-18)20-14-17-9-6-12-24-17/h3-5,7-8,10-11,13,17,20H,2,6,9,12,14H2,1H3. The molecule has 126 valence electrons. The normalized spacial score (nSPS) is 16.8. The molecule has 0 bridgehead atoms. The predicted octanol–water partition coefficient (Wildman–Crippen LogP) is 3.34. The molecule has 1 aliphatic rings. The molecule has 2 aromatic rings. The van der Waals surface area contributed by atoms with Crippen LogP contribution in [0.25, 0.3) is 0 Å². The monoisotopic (exact) mass is 325 g/mol. The van der Waals surface area contributed by atoms with Gasteiger partial charge in [0.2, 0.25) is 0 Å². The second kappa shape index (κ2) is 7.93. The Morgan fingerprint density at radius 2 is 2.12 bits per heavy atom. The highest BCUT2D eigenvalue weighted by molar-refractivity contribution is 6.04. The van der Waals surface area contributed by atoms with Crippen molar-refractivity contribution in [1.29, 1.82) is 0 Å². The van der Waals surface area contributed by atoms with E-state index in [1.165, 1.54) is 0 Å². The van der Waals surface area contributed by atoms with Crippen LogP contribution in [0, 0.1) is 0 Å². The average Bonchev–Trinajstić information content (AvgIpc) is 3.15. The molecule has 0 saturated carbocycles. The summed E-state index contributed by atoms with van der Waals surface area (Å²) in [6.07, 6.45) is 4.21. The van der Waals surface area contributed by atoms with Crippen LogP contribution in [0.4, 0.5) is 11.4 Å². The van der Waals surface area contributed by atoms with Crippen LogP contribution < -0.4 is 10.2 Å². The minimum Gasteiger partial charge on any atom is -0.381 e. The topological polar surface area (TPSA) is 54.5 Å². The first kappa shape index (κ1) is 16.5. The zero-order valence-electron chi connectivity index (χ0n) is 13.9. The lowest BCUT2D eigenvalue weighted by Gasteiger charge is -2.20. The van der Waals surface area contributed by atoms with Crippen LogP contribution in [-0.4, -0.2) is 36.7 Å². The minimum atomic E-state index is -0.0885. The number of hydrogen-bond acceptors (Lipinski definition) is 4. The molecule has 5 nitrogen and oxygen atoms in total. The highest BCUT2D eigenvalue weighted by Gasteiger charge is 2.18. The third-order valence-electron chi connectivity index (χ3n) is 4.17. The highest BCUT2D eigenvalue weighted by Crippen LogP contribution is 2.17. The van der Waals surface area contributed by atoms with Crippen molar-refractivity contribution in [3.05, 3.63) is 54.4 Å². The van der Waals surface area contributed by atoms with Gasteiger partial charge in [0.05, 0.1) is 18.0 Å². The van der Waals surface area contributed by atoms with E-state index in [4.69, 9.17) is 4.74 Å². The van der Waals surface area contributed by atoms with Crippen molar-refractivity contribution in [2.45, 2.75) is 25.9 Å². The van der Waals surface area contributed by atoms with Crippen molar-refractivity contribution < 1.29 is 9.53 Å². The van der Waals surface area contributed by atoms with Gasteiger partial charge in [0.25, 0.3) is 5.91 Å². The Labute approximate surface area is 142 Å². The van der Waals surface area contributed by atoms with Gasteiger partial charge in [0.15, 0.2) is 0 Å². The Kier molecular flexibility index (Phi) is 5.43. The summed E-state index contributed by atoms with van der Waals surface area (Å²) in [6.45, 7) is 4.19. The molecule has 1 aliphatic heterocycles. The molecule has 0 aliphatic carbocycles. The van der Waals surface area contributed by atoms with Gasteiger partial charge in [-0.25, -0.2) is 4.98 Å². The molecule has 1 amide bonds. The van der Waals surface area contributed by atoms with E-state index in [2.05, 4.69) is 10.3 Å². The first-order chi connectivity index (χ1) is 11.8. The molecule has 0 spiro atoms. The van der Waals surface area contributed by atoms with E-state index in [0.717, 1.165) is 37.4 Å². The van der Waals surface area contributed by atoms with Crippen LogP contribution in [-0.2, 0) is 4.74 Å². The van der Waals surface area contributed by atoms with E-state index < -0.39 is 0 Å². The smallest absolute Gasteiger partial charge is 0.276 e. The highest BCUT2D eigenvalue weighted by atomic mass is 16.5. The molecule has 3 rings (SSSR count). The second-order valence-corrected chi connectivity index (χ2v) is 5.83. The van der Waals surface area contributed by atoms with Gasteiger partial charge in [-0.2, -0.15) is 0 Å². The summed E-state index contributed by atoms with van der Waals surface area (Å²) in [5.41, 5.74) is 2.24. The molecule has 1 aromatic carbocycles. The van der Waals surface area contributed by atoms with Crippen LogP contribution in [0.1, 0.15) is 30.3 Å². The van der Waals surface area contributed by atoms with E-state index >= 15 is 0 Å². The molecule has 1 unspecified atom stereocenters. The molecule has 1 atom stereocenters. The van der Waals surface area contributed by atoms with Gasteiger partial charge >= 0.3 is 0 Å². The SMILES string of the molecule is CCN(C(=O)c1ccc(NCC2CCCO2)cn1)c1ccccc1. The Morgan fingerprint density at radius 1 is 1.29 bits per heavy atom. The predicted molar refractivity (Wildman–Crippen MR) is 95.5 cm³/mol. The van der Waals surface area contributed by atoms with Gasteiger partial charge in [0, 0.05) is 25.4 Å². The fourth-order valence-corrected chi connectivity index (χ4v) is 2.85. The summed E-state index contributed by atoms with van der Waals surface area (Å²) < 4.78 is 5.59. The summed E-state index contributed by atoms with van der Waals surface area (Å²) in [4.78, 5) is 18.7. The molecule has 1 N–H and O–H groups in total. The fourth-order valence-electron chi connectivity index (χ4n) is 2.85. The third kappa shape index (κ3) is 3.92. The summed E-state index contributed by atoms with van der Waals surface area (Å²) in [5.74, 6) is -0.0885. The zero-order valence-corrected chi connectivity index (χ0v) is 13.9. The summed E-state index contributed by atoms with van der Waals surface area (Å²) in [5, 5.41) is 3.32. The van der Waals surface area contributed by atoms with Crippen molar-refractivity contribution in [1.82, 2.24) is 4.98 Å². The lowest BCUT2D eigenvalue weighted by Crippen LogP contribution is -2.31. The first-order valence-electron chi connectivity index (χ1n) is 8.46. The van der Waals surface area contributed by atoms with Gasteiger partial charge < -0.3 is 15.0 Å². The van der Waals surface area contributed by atoms with Crippen molar-refractivity contribution in [3.63, 3.8) is 0 Å². The van der Waals surface area contributed by atoms with Gasteiger partial charge in [0.1, 0.15) is 5.69 Å². The fraction of sp³-hybridized carbons (Fsp3) is 0.368. The quantitative estimate of drug-likeness (QED) is 0.885. The number of nitrogens with one attached hydrogen (secondary N) is 1. The van der Waals surface area contributed by atoms with Gasteiger partial charge in [-0.3, -0.25) is 4.79 Å². The number of rotatable bonds is 6. The lowest BCUT2D eigenvalue weighted by atomic mass is 10.2. The van der Waals surface area contributed by atoms with Crippen LogP contribution >= 0.6 is 0 Å². The number of para-hydroxylation sites is 1. The average molecular weight is 325 g/mol. The number of amides is 1. The number of benzene rings is 1.